The third kappa shape index (κ3) is 5.03. The summed E-state index contributed by atoms with van der Waals surface area (Å²) in [7, 11) is 1.66. The second-order valence-corrected chi connectivity index (χ2v) is 9.03. The van der Waals surface area contributed by atoms with E-state index in [1.165, 1.54) is 17.3 Å². The minimum absolute atomic E-state index is 0.000716. The van der Waals surface area contributed by atoms with Crippen LogP contribution in [0.5, 0.6) is 5.75 Å². The van der Waals surface area contributed by atoms with Gasteiger partial charge in [-0.3, -0.25) is 4.79 Å². The van der Waals surface area contributed by atoms with E-state index in [1.54, 1.807) is 7.11 Å². The van der Waals surface area contributed by atoms with Crippen LogP contribution in [0.2, 0.25) is 0 Å². The summed E-state index contributed by atoms with van der Waals surface area (Å²) < 4.78 is 7.40. The zero-order valence-corrected chi connectivity index (χ0v) is 20.1. The predicted octanol–water partition coefficient (Wildman–Crippen LogP) is 5.03. The zero-order chi connectivity index (χ0) is 23.4. The van der Waals surface area contributed by atoms with Crippen LogP contribution in [0.4, 0.5) is 0 Å². The molecular weight excluding hydrogens is 432 g/mol. The molecule has 0 fully saturated rings. The third-order valence-corrected chi connectivity index (χ3v) is 6.55. The van der Waals surface area contributed by atoms with E-state index < -0.39 is 0 Å². The number of fused-ring (bicyclic) bond motifs is 1. The van der Waals surface area contributed by atoms with Crippen molar-refractivity contribution in [3.05, 3.63) is 77.6 Å². The average Bonchev–Trinajstić information content (AvgIpc) is 3.16. The van der Waals surface area contributed by atoms with E-state index in [1.807, 2.05) is 66.9 Å². The average molecular weight is 461 g/mol. The third-order valence-electron chi connectivity index (χ3n) is 5.56. The molecule has 2 aromatic heterocycles. The molecule has 0 spiro atoms. The summed E-state index contributed by atoms with van der Waals surface area (Å²) in [6.45, 7) is 6.65. The van der Waals surface area contributed by atoms with Crippen LogP contribution in [-0.2, 0) is 4.79 Å². The smallest absolute Gasteiger partial charge is 0.230 e. The molecule has 2 aromatic carbocycles. The number of aromatic nitrogens is 3. The van der Waals surface area contributed by atoms with Gasteiger partial charge in [0.25, 0.3) is 0 Å². The Kier molecular flexibility index (Phi) is 6.99. The van der Waals surface area contributed by atoms with Crippen molar-refractivity contribution in [2.24, 2.45) is 0 Å². The number of nitrogens with zero attached hydrogens (tertiary/aromatic N) is 3. The molecular formula is C26H28N4O2S. The monoisotopic (exact) mass is 460 g/mol. The van der Waals surface area contributed by atoms with E-state index >= 15 is 0 Å². The number of benzene rings is 2. The predicted molar refractivity (Wildman–Crippen MR) is 133 cm³/mol. The molecule has 1 amide bonds. The van der Waals surface area contributed by atoms with Gasteiger partial charge in [0.1, 0.15) is 10.8 Å². The highest BCUT2D eigenvalue weighted by molar-refractivity contribution is 7.99. The maximum absolute atomic E-state index is 12.6. The van der Waals surface area contributed by atoms with Gasteiger partial charge in [0.2, 0.25) is 5.91 Å². The molecule has 0 unspecified atom stereocenters. The molecule has 1 N–H and O–H groups in total. The normalized spacial score (nSPS) is 12.0. The second-order valence-electron chi connectivity index (χ2n) is 8.04. The van der Waals surface area contributed by atoms with Gasteiger partial charge in [-0.2, -0.15) is 5.10 Å². The van der Waals surface area contributed by atoms with Gasteiger partial charge in [-0.1, -0.05) is 67.2 Å². The van der Waals surface area contributed by atoms with Gasteiger partial charge < -0.3 is 10.1 Å². The molecule has 0 saturated carbocycles. The lowest BCUT2D eigenvalue weighted by Gasteiger charge is -2.13. The lowest BCUT2D eigenvalue weighted by Crippen LogP contribution is -2.29. The van der Waals surface area contributed by atoms with Crippen LogP contribution < -0.4 is 10.1 Å². The topological polar surface area (TPSA) is 68.5 Å². The fraction of sp³-hybridized carbons (Fsp3) is 0.269. The first-order valence-corrected chi connectivity index (χ1v) is 11.9. The standard InChI is InChI=1S/C26H28N4O2S/c1-17(20-10-6-5-7-11-20)15-27-23(31)16-33-24-14-18(2)28-26-25(19(3)29-30(24)26)21-12-8-9-13-22(21)32-4/h5-14,17H,15-16H2,1-4H3,(H,27,31)/t17-/m0/s1. The Hall–Kier alpha value is -3.32. The maximum Gasteiger partial charge on any atom is 0.230 e. The second kappa shape index (κ2) is 10.1. The minimum atomic E-state index is -0.000716. The summed E-state index contributed by atoms with van der Waals surface area (Å²) in [4.78, 5) is 17.3. The number of aryl methyl sites for hydroxylation is 2. The highest BCUT2D eigenvalue weighted by atomic mass is 32.2. The lowest BCUT2D eigenvalue weighted by molar-refractivity contribution is -0.118. The summed E-state index contributed by atoms with van der Waals surface area (Å²) in [6.07, 6.45) is 0. The number of hydrogen-bond donors (Lipinski definition) is 1. The van der Waals surface area contributed by atoms with E-state index in [4.69, 9.17) is 14.8 Å². The molecule has 0 saturated heterocycles. The number of amides is 1. The van der Waals surface area contributed by atoms with Crippen molar-refractivity contribution < 1.29 is 9.53 Å². The molecule has 4 aromatic rings. The van der Waals surface area contributed by atoms with Crippen LogP contribution >= 0.6 is 11.8 Å². The van der Waals surface area contributed by atoms with Gasteiger partial charge in [0.05, 0.1) is 24.1 Å². The van der Waals surface area contributed by atoms with Crippen LogP contribution in [0.25, 0.3) is 16.8 Å². The van der Waals surface area contributed by atoms with Crippen LogP contribution in [-0.4, -0.2) is 39.9 Å². The molecule has 0 aliphatic rings. The molecule has 0 bridgehead atoms. The molecule has 0 aliphatic carbocycles. The molecule has 170 valence electrons. The van der Waals surface area contributed by atoms with Crippen molar-refractivity contribution in [3.63, 3.8) is 0 Å². The van der Waals surface area contributed by atoms with Crippen molar-refractivity contribution in [2.45, 2.75) is 31.7 Å². The Bertz CT molecular complexity index is 1270. The minimum Gasteiger partial charge on any atom is -0.496 e. The Labute approximate surface area is 198 Å². The molecule has 33 heavy (non-hydrogen) atoms. The van der Waals surface area contributed by atoms with E-state index in [9.17, 15) is 4.79 Å². The van der Waals surface area contributed by atoms with E-state index in [-0.39, 0.29) is 11.8 Å². The SMILES string of the molecule is COc1ccccc1-c1c(C)nn2c(SCC(=O)NC[C@H](C)c3ccccc3)cc(C)nc12. The lowest BCUT2D eigenvalue weighted by atomic mass is 10.0. The highest BCUT2D eigenvalue weighted by Crippen LogP contribution is 2.35. The van der Waals surface area contributed by atoms with E-state index in [0.717, 1.165) is 38.9 Å². The fourth-order valence-electron chi connectivity index (χ4n) is 3.84. The van der Waals surface area contributed by atoms with Gasteiger partial charge in [-0.15, -0.1) is 0 Å². The number of thioether (sulfide) groups is 1. The number of ether oxygens (including phenoxy) is 1. The van der Waals surface area contributed by atoms with Gasteiger partial charge in [0.15, 0.2) is 5.65 Å². The molecule has 7 heteroatoms. The Morgan fingerprint density at radius 2 is 1.85 bits per heavy atom. The number of carbonyl (C=O) groups is 1. The summed E-state index contributed by atoms with van der Waals surface area (Å²) in [5, 5.41) is 8.68. The number of para-hydroxylation sites is 1. The summed E-state index contributed by atoms with van der Waals surface area (Å²) in [5.41, 5.74) is 5.61. The van der Waals surface area contributed by atoms with E-state index in [2.05, 4.69) is 24.4 Å². The quantitative estimate of drug-likeness (QED) is 0.295. The summed E-state index contributed by atoms with van der Waals surface area (Å²) in [6, 6.07) is 20.1. The number of hydrogen-bond acceptors (Lipinski definition) is 5. The number of nitrogens with one attached hydrogen (secondary N) is 1. The van der Waals surface area contributed by atoms with E-state index in [0.29, 0.717) is 12.3 Å². The first-order chi connectivity index (χ1) is 16.0. The van der Waals surface area contributed by atoms with Gasteiger partial charge in [-0.05, 0) is 37.5 Å². The molecule has 2 heterocycles. The molecule has 0 radical (unpaired) electrons. The van der Waals surface area contributed by atoms with Crippen LogP contribution in [0.1, 0.15) is 29.8 Å². The molecule has 1 atom stereocenters. The van der Waals surface area contributed by atoms with Gasteiger partial charge in [0, 0.05) is 17.8 Å². The first kappa shape index (κ1) is 22.9. The first-order valence-electron chi connectivity index (χ1n) is 10.9. The van der Waals surface area contributed by atoms with Crippen molar-refractivity contribution in [2.75, 3.05) is 19.4 Å². The van der Waals surface area contributed by atoms with Gasteiger partial charge in [-0.25, -0.2) is 9.50 Å². The number of methoxy groups -OCH3 is 1. The number of rotatable bonds is 8. The molecule has 6 nitrogen and oxygen atoms in total. The summed E-state index contributed by atoms with van der Waals surface area (Å²) in [5.74, 6) is 1.34. The van der Waals surface area contributed by atoms with Crippen molar-refractivity contribution in [1.82, 2.24) is 19.9 Å². The van der Waals surface area contributed by atoms with Crippen molar-refractivity contribution in [3.8, 4) is 16.9 Å². The Morgan fingerprint density at radius 1 is 1.12 bits per heavy atom. The highest BCUT2D eigenvalue weighted by Gasteiger charge is 2.19. The fourth-order valence-corrected chi connectivity index (χ4v) is 4.72. The number of carbonyl (C=O) groups excluding carboxylic acids is 1. The maximum atomic E-state index is 12.6. The van der Waals surface area contributed by atoms with Crippen molar-refractivity contribution >= 4 is 23.3 Å². The van der Waals surface area contributed by atoms with Crippen molar-refractivity contribution in [1.29, 1.82) is 0 Å². The Morgan fingerprint density at radius 3 is 2.61 bits per heavy atom. The van der Waals surface area contributed by atoms with Crippen LogP contribution in [0.15, 0.2) is 65.7 Å². The Balaban J connectivity index is 1.52. The molecule has 4 rings (SSSR count). The molecule has 0 aliphatic heterocycles. The largest absolute Gasteiger partial charge is 0.496 e. The zero-order valence-electron chi connectivity index (χ0n) is 19.3. The van der Waals surface area contributed by atoms with Crippen LogP contribution in [0, 0.1) is 13.8 Å². The van der Waals surface area contributed by atoms with Gasteiger partial charge >= 0.3 is 0 Å². The van der Waals surface area contributed by atoms with Crippen LogP contribution in [0.3, 0.4) is 0 Å². The summed E-state index contributed by atoms with van der Waals surface area (Å²) >= 11 is 1.46.